The van der Waals surface area contributed by atoms with Crippen LogP contribution in [0.25, 0.3) is 11.0 Å². The lowest BCUT2D eigenvalue weighted by Crippen LogP contribution is -2.58. The summed E-state index contributed by atoms with van der Waals surface area (Å²) < 4.78 is 69.4. The summed E-state index contributed by atoms with van der Waals surface area (Å²) in [6, 6.07) is 21.7. The molecule has 5 fully saturated rings. The summed E-state index contributed by atoms with van der Waals surface area (Å²) >= 11 is 0. The van der Waals surface area contributed by atoms with Gasteiger partial charge in [-0.15, -0.1) is 0 Å². The smallest absolute Gasteiger partial charge is 0.293 e. The normalized spacial score (nSPS) is 23.7. The molecule has 1 spiro atoms. The Morgan fingerprint density at radius 3 is 2.52 bits per heavy atom. The summed E-state index contributed by atoms with van der Waals surface area (Å²) in [7, 11) is -4.68. The Morgan fingerprint density at radius 1 is 0.928 bits per heavy atom. The van der Waals surface area contributed by atoms with Crippen molar-refractivity contribution >= 4 is 55.4 Å². The number of carbonyl (C=O) groups excluding carboxylic acids is 1. The zero-order chi connectivity index (χ0) is 47.5. The van der Waals surface area contributed by atoms with Crippen LogP contribution in [0.5, 0.6) is 5.88 Å². The Hall–Kier alpha value is -5.86. The summed E-state index contributed by atoms with van der Waals surface area (Å²) in [6.07, 6.45) is 6.45. The largest absolute Gasteiger partial charge is 0.468 e. The van der Waals surface area contributed by atoms with E-state index in [1.807, 2.05) is 29.2 Å². The number of sulfonamides is 1. The van der Waals surface area contributed by atoms with Crippen LogP contribution in [0, 0.1) is 22.5 Å². The van der Waals surface area contributed by atoms with Crippen molar-refractivity contribution < 1.29 is 41.5 Å². The van der Waals surface area contributed by atoms with E-state index in [1.165, 1.54) is 23.3 Å². The minimum absolute atomic E-state index is 0.0431. The first kappa shape index (κ1) is 45.6. The topological polar surface area (TPSA) is 194 Å². The first-order chi connectivity index (χ1) is 33.4. The van der Waals surface area contributed by atoms with E-state index in [0.29, 0.717) is 48.6 Å². The number of fused-ring (bicyclic) bond motifs is 3. The second-order valence-corrected chi connectivity index (χ2v) is 21.3. The molecule has 0 radical (unpaired) electrons. The van der Waals surface area contributed by atoms with E-state index >= 15 is 4.39 Å². The number of piperidine rings is 1. The van der Waals surface area contributed by atoms with Crippen molar-refractivity contribution in [3.8, 4) is 5.88 Å². The summed E-state index contributed by atoms with van der Waals surface area (Å²) in [5.41, 5.74) is 3.31. The number of morpholine rings is 1. The molecular formula is C50H57FN8O9S. The number of nitrogens with one attached hydrogen (secondary N) is 3. The van der Waals surface area contributed by atoms with Crippen LogP contribution in [-0.4, -0.2) is 124 Å². The van der Waals surface area contributed by atoms with E-state index in [0.717, 1.165) is 69.1 Å². The van der Waals surface area contributed by atoms with Crippen molar-refractivity contribution in [3.05, 3.63) is 106 Å². The number of aromatic amines is 1. The van der Waals surface area contributed by atoms with Crippen LogP contribution >= 0.6 is 0 Å². The molecule has 17 nitrogen and oxygen atoms in total. The fourth-order valence-electron chi connectivity index (χ4n) is 11.5. The number of anilines is 4. The molecule has 19 heteroatoms. The highest BCUT2D eigenvalue weighted by atomic mass is 32.2. The molecule has 11 rings (SSSR count). The minimum atomic E-state index is -4.68. The lowest BCUT2D eigenvalue weighted by molar-refractivity contribution is -0.384. The Bertz CT molecular complexity index is 2880. The van der Waals surface area contributed by atoms with Crippen molar-refractivity contribution in [1.29, 1.82) is 0 Å². The van der Waals surface area contributed by atoms with Gasteiger partial charge in [-0.3, -0.25) is 19.8 Å². The number of H-pyrrole nitrogens is 1. The van der Waals surface area contributed by atoms with E-state index in [-0.39, 0.29) is 68.0 Å². The highest BCUT2D eigenvalue weighted by Crippen LogP contribution is 2.54. The number of halogens is 1. The fraction of sp³-hybridized carbons (Fsp3) is 0.480. The number of amides is 1. The monoisotopic (exact) mass is 964 g/mol. The molecule has 3 aromatic carbocycles. The zero-order valence-electron chi connectivity index (χ0n) is 38.5. The third-order valence-electron chi connectivity index (χ3n) is 15.5. The number of alkyl halides is 1. The Balaban J connectivity index is 0.879. The van der Waals surface area contributed by atoms with Crippen LogP contribution in [0.1, 0.15) is 72.5 Å². The number of pyridine rings is 1. The second-order valence-electron chi connectivity index (χ2n) is 19.6. The summed E-state index contributed by atoms with van der Waals surface area (Å²) in [5.74, 6) is -0.570. The maximum Gasteiger partial charge on any atom is 0.293 e. The number of benzene rings is 3. The average molecular weight is 965 g/mol. The molecule has 0 unspecified atom stereocenters. The van der Waals surface area contributed by atoms with Crippen LogP contribution in [0.15, 0.2) is 83.9 Å². The maximum atomic E-state index is 15.4. The molecule has 1 amide bonds. The molecule has 3 N–H and O–H groups in total. The molecule has 69 heavy (non-hydrogen) atoms. The molecule has 6 aliphatic rings. The van der Waals surface area contributed by atoms with Gasteiger partial charge < -0.3 is 39.0 Å². The van der Waals surface area contributed by atoms with Gasteiger partial charge >= 0.3 is 0 Å². The number of nitrogens with zero attached hydrogens (tertiary/aromatic N) is 5. The Morgan fingerprint density at radius 2 is 1.72 bits per heavy atom. The molecule has 5 aliphatic heterocycles. The van der Waals surface area contributed by atoms with Gasteiger partial charge in [0.2, 0.25) is 5.88 Å². The van der Waals surface area contributed by atoms with Gasteiger partial charge in [-0.2, -0.15) is 4.98 Å². The number of rotatable bonds is 11. The van der Waals surface area contributed by atoms with E-state index < -0.39 is 43.2 Å². The van der Waals surface area contributed by atoms with Gasteiger partial charge in [-0.1, -0.05) is 24.3 Å². The van der Waals surface area contributed by atoms with Gasteiger partial charge in [0.1, 0.15) is 28.8 Å². The van der Waals surface area contributed by atoms with Gasteiger partial charge in [0.15, 0.2) is 0 Å². The lowest BCUT2D eigenvalue weighted by atomic mass is 9.59. The molecule has 1 aliphatic carbocycles. The third kappa shape index (κ3) is 8.76. The van der Waals surface area contributed by atoms with Crippen LogP contribution in [0.2, 0.25) is 0 Å². The van der Waals surface area contributed by atoms with Crippen molar-refractivity contribution in [1.82, 2.24) is 19.6 Å². The number of carbonyl (C=O) groups is 1. The SMILES string of the molecule is Cc1ccccc1[C@@H]1COCCN1C1CC2(CCN(c3ccc(C(=O)NS(=O)(=O)c4ccc(NCC5(F)CCOCC5)c([N+](=O)[O-])c4)c(N4c5cc6cc[nH]c6nc5O[C@H]5COCC[C@@H]54)c3)CC2)C1. The summed E-state index contributed by atoms with van der Waals surface area (Å²) in [4.78, 5) is 40.7. The number of aryl methyl sites for hydroxylation is 1. The van der Waals surface area contributed by atoms with E-state index in [2.05, 4.69) is 56.0 Å². The van der Waals surface area contributed by atoms with Crippen molar-refractivity contribution in [2.45, 2.75) is 86.7 Å². The van der Waals surface area contributed by atoms with E-state index in [9.17, 15) is 23.3 Å². The van der Waals surface area contributed by atoms with Crippen LogP contribution in [0.4, 0.5) is 32.8 Å². The van der Waals surface area contributed by atoms with E-state index in [1.54, 1.807) is 12.3 Å². The number of nitro groups is 1. The average Bonchev–Trinajstić information content (AvgIpc) is 3.81. The van der Waals surface area contributed by atoms with Gasteiger partial charge in [0, 0.05) is 88.2 Å². The van der Waals surface area contributed by atoms with Gasteiger partial charge in [0.25, 0.3) is 21.6 Å². The molecule has 364 valence electrons. The van der Waals surface area contributed by atoms with Gasteiger partial charge in [-0.25, -0.2) is 17.5 Å². The van der Waals surface area contributed by atoms with Gasteiger partial charge in [-0.05, 0) is 98.0 Å². The maximum absolute atomic E-state index is 15.4. The number of hydrogen-bond donors (Lipinski definition) is 3. The molecular weight excluding hydrogens is 908 g/mol. The quantitative estimate of drug-likeness (QED) is 0.0880. The number of ether oxygens (including phenoxy) is 4. The third-order valence-corrected chi connectivity index (χ3v) is 16.8. The van der Waals surface area contributed by atoms with Crippen LogP contribution in [0.3, 0.4) is 0 Å². The molecule has 4 saturated heterocycles. The highest BCUT2D eigenvalue weighted by Gasteiger charge is 2.50. The van der Waals surface area contributed by atoms with Crippen molar-refractivity contribution in [2.75, 3.05) is 80.9 Å². The lowest BCUT2D eigenvalue weighted by Gasteiger charge is -2.57. The van der Waals surface area contributed by atoms with Crippen LogP contribution < -0.4 is 24.6 Å². The zero-order valence-corrected chi connectivity index (χ0v) is 39.3. The molecule has 0 bridgehead atoms. The van der Waals surface area contributed by atoms with Crippen LogP contribution in [-0.2, 0) is 24.2 Å². The molecule has 7 heterocycles. The highest BCUT2D eigenvalue weighted by molar-refractivity contribution is 7.90. The first-order valence-electron chi connectivity index (χ1n) is 24.0. The van der Waals surface area contributed by atoms with Crippen molar-refractivity contribution in [2.24, 2.45) is 5.41 Å². The number of aromatic nitrogens is 2. The van der Waals surface area contributed by atoms with Gasteiger partial charge in [0.05, 0.1) is 53.0 Å². The molecule has 3 atom stereocenters. The standard InChI is InChI=1S/C50H57FN8O9S/c1-32-4-2-3-5-37(32)44-29-67-23-19-57(44)35-27-49(28-35)12-17-56(18-13-49)34-6-8-38(41(25-34)58-40-11-20-66-30-45(40)68-48-43(58)24-33-10-16-52-46(33)54-48)47(60)55-69(63,64)36-7-9-39(42(26-36)59(61)62)53-31-50(51)14-21-65-22-15-50/h2-10,16,24-26,35,40,44-45,53H,11-15,17-23,27-31H2,1H3,(H,52,54)(H,55,60)/t40-,44-,45-/m0/s1. The Kier molecular flexibility index (Phi) is 12.0. The predicted octanol–water partition coefficient (Wildman–Crippen LogP) is 7.34. The molecule has 1 saturated carbocycles. The number of nitro benzene ring substituents is 1. The second kappa shape index (κ2) is 18.1. The Labute approximate surface area is 399 Å². The summed E-state index contributed by atoms with van der Waals surface area (Å²) in [5, 5.41) is 15.9. The fourth-order valence-corrected chi connectivity index (χ4v) is 12.5. The number of hydrogen-bond acceptors (Lipinski definition) is 14. The van der Waals surface area contributed by atoms with Crippen molar-refractivity contribution in [3.63, 3.8) is 0 Å². The summed E-state index contributed by atoms with van der Waals surface area (Å²) in [6.45, 7) is 7.14. The first-order valence-corrected chi connectivity index (χ1v) is 25.5. The minimum Gasteiger partial charge on any atom is -0.468 e. The molecule has 2 aromatic heterocycles. The van der Waals surface area contributed by atoms with E-state index in [4.69, 9.17) is 23.9 Å². The predicted molar refractivity (Wildman–Crippen MR) is 257 cm³/mol. The molecule has 5 aromatic rings.